The molecule has 0 spiro atoms. The second kappa shape index (κ2) is 11.1. The van der Waals surface area contributed by atoms with E-state index in [0.717, 1.165) is 5.56 Å². The van der Waals surface area contributed by atoms with Gasteiger partial charge in [-0.1, -0.05) is 84.6 Å². The van der Waals surface area contributed by atoms with Gasteiger partial charge in [0.05, 0.1) is 28.9 Å². The third kappa shape index (κ3) is 4.71. The van der Waals surface area contributed by atoms with Gasteiger partial charge in [0.1, 0.15) is 11.0 Å². The van der Waals surface area contributed by atoms with Crippen LogP contribution in [0, 0.1) is 0 Å². The van der Waals surface area contributed by atoms with E-state index in [9.17, 15) is 9.59 Å². The van der Waals surface area contributed by atoms with E-state index in [2.05, 4.69) is 15.5 Å². The lowest BCUT2D eigenvalue weighted by Gasteiger charge is -2.18. The largest absolute Gasteiger partial charge is 0.492 e. The fourth-order valence-corrected chi connectivity index (χ4v) is 5.66. The second-order valence-corrected chi connectivity index (χ2v) is 10.0. The van der Waals surface area contributed by atoms with E-state index >= 15 is 0 Å². The average Bonchev–Trinajstić information content (AvgIpc) is 3.41. The summed E-state index contributed by atoms with van der Waals surface area (Å²) in [4.78, 5) is 27.4. The fourth-order valence-electron chi connectivity index (χ4n) is 4.62. The van der Waals surface area contributed by atoms with Crippen LogP contribution in [0.15, 0.2) is 119 Å². The number of ether oxygens (including phenoxy) is 1. The highest BCUT2D eigenvalue weighted by molar-refractivity contribution is 8.00. The molecule has 0 saturated heterocycles. The monoisotopic (exact) mass is 547 g/mol. The van der Waals surface area contributed by atoms with Crippen molar-refractivity contribution in [2.45, 2.75) is 17.3 Å². The minimum atomic E-state index is -0.667. The quantitative estimate of drug-likeness (QED) is 0.239. The number of thioether (sulfide) groups is 1. The van der Waals surface area contributed by atoms with Crippen molar-refractivity contribution >= 4 is 40.0 Å². The summed E-state index contributed by atoms with van der Waals surface area (Å²) in [5, 5.41) is 12.3. The number of aromatic nitrogens is 4. The van der Waals surface area contributed by atoms with Crippen molar-refractivity contribution in [3.63, 3.8) is 0 Å². The number of amides is 1. The van der Waals surface area contributed by atoms with Gasteiger partial charge in [0.2, 0.25) is 11.7 Å². The van der Waals surface area contributed by atoms with E-state index in [1.807, 2.05) is 114 Å². The van der Waals surface area contributed by atoms with Gasteiger partial charge < -0.3 is 10.1 Å². The number of nitrogens with one attached hydrogen (secondary N) is 1. The summed E-state index contributed by atoms with van der Waals surface area (Å²) >= 11 is 1.27. The lowest BCUT2D eigenvalue weighted by Crippen LogP contribution is -2.22. The molecule has 1 atom stereocenters. The van der Waals surface area contributed by atoms with Crippen LogP contribution in [0.3, 0.4) is 0 Å². The van der Waals surface area contributed by atoms with Gasteiger partial charge in [0.15, 0.2) is 5.16 Å². The number of carbonyl (C=O) groups excluding carboxylic acids is 1. The molecule has 0 aliphatic rings. The van der Waals surface area contributed by atoms with Gasteiger partial charge in [-0.15, -0.1) is 10.2 Å². The molecule has 0 bridgehead atoms. The first-order valence-corrected chi connectivity index (χ1v) is 13.7. The Hall–Kier alpha value is -4.89. The highest BCUT2D eigenvalue weighted by Gasteiger charge is 2.27. The van der Waals surface area contributed by atoms with E-state index in [1.54, 1.807) is 10.6 Å². The van der Waals surface area contributed by atoms with Crippen LogP contribution in [0.2, 0.25) is 0 Å². The normalized spacial score (nSPS) is 11.9. The molecule has 8 nitrogen and oxygen atoms in total. The summed E-state index contributed by atoms with van der Waals surface area (Å²) < 4.78 is 9.11. The molecule has 2 heterocycles. The van der Waals surface area contributed by atoms with Crippen LogP contribution in [-0.4, -0.2) is 31.7 Å². The molecule has 1 amide bonds. The van der Waals surface area contributed by atoms with Gasteiger partial charge in [-0.05, 0) is 48.9 Å². The average molecular weight is 548 g/mol. The minimum Gasteiger partial charge on any atom is -0.492 e. The molecule has 0 unspecified atom stereocenters. The van der Waals surface area contributed by atoms with Gasteiger partial charge in [-0.3, -0.25) is 14.0 Å². The first kappa shape index (κ1) is 25.4. The van der Waals surface area contributed by atoms with Crippen molar-refractivity contribution < 1.29 is 9.53 Å². The second-order valence-electron chi connectivity index (χ2n) is 8.94. The lowest BCUT2D eigenvalue weighted by atomic mass is 10.1. The van der Waals surface area contributed by atoms with E-state index in [1.165, 1.54) is 11.8 Å². The Morgan fingerprint density at radius 1 is 0.875 bits per heavy atom. The molecule has 6 rings (SSSR count). The standard InChI is InChI=1S/C31H25N5O3S/c1-2-39-26-20-12-10-18-24(26)32-28(37)27(21-13-5-3-6-14-21)40-31-34-33-30-35(22-15-7-4-8-16-22)29(38)23-17-9-11-19-25(23)36(30)31/h3-20,27H,2H2,1H3,(H,32,37)/t27-/m1/s1. The SMILES string of the molecule is CCOc1ccccc1NC(=O)[C@H](Sc1nnc2n(-c3ccccc3)c(=O)c3ccccc3n12)c1ccccc1. The molecule has 0 saturated carbocycles. The molecule has 0 aliphatic carbocycles. The molecule has 198 valence electrons. The molecule has 9 heteroatoms. The Morgan fingerprint density at radius 2 is 1.55 bits per heavy atom. The van der Waals surface area contributed by atoms with Gasteiger partial charge in [0, 0.05) is 0 Å². The Balaban J connectivity index is 1.48. The van der Waals surface area contributed by atoms with Crippen molar-refractivity contribution in [2.75, 3.05) is 11.9 Å². The van der Waals surface area contributed by atoms with Crippen molar-refractivity contribution in [3.8, 4) is 11.4 Å². The number of hydrogen-bond acceptors (Lipinski definition) is 6. The number of para-hydroxylation sites is 4. The van der Waals surface area contributed by atoms with E-state index in [0.29, 0.717) is 45.6 Å². The van der Waals surface area contributed by atoms with Crippen LogP contribution in [0.4, 0.5) is 5.69 Å². The Labute approximate surface area is 234 Å². The van der Waals surface area contributed by atoms with Gasteiger partial charge in [-0.25, -0.2) is 4.57 Å². The van der Waals surface area contributed by atoms with Crippen LogP contribution in [-0.2, 0) is 4.79 Å². The zero-order valence-electron chi connectivity index (χ0n) is 21.6. The number of anilines is 1. The fraction of sp³-hybridized carbons (Fsp3) is 0.0968. The third-order valence-corrected chi connectivity index (χ3v) is 7.61. The molecular weight excluding hydrogens is 522 g/mol. The zero-order valence-corrected chi connectivity index (χ0v) is 22.4. The van der Waals surface area contributed by atoms with E-state index < -0.39 is 5.25 Å². The van der Waals surface area contributed by atoms with Crippen molar-refractivity contribution in [1.82, 2.24) is 19.2 Å². The molecule has 0 fully saturated rings. The van der Waals surface area contributed by atoms with Crippen LogP contribution < -0.4 is 15.6 Å². The number of nitrogens with zero attached hydrogens (tertiary/aromatic N) is 4. The van der Waals surface area contributed by atoms with Crippen molar-refractivity contribution in [1.29, 1.82) is 0 Å². The summed E-state index contributed by atoms with van der Waals surface area (Å²) in [6, 6.07) is 33.6. The summed E-state index contributed by atoms with van der Waals surface area (Å²) in [5.41, 5.74) is 2.54. The maximum absolute atomic E-state index is 13.8. The van der Waals surface area contributed by atoms with Crippen LogP contribution in [0.5, 0.6) is 5.75 Å². The summed E-state index contributed by atoms with van der Waals surface area (Å²) in [6.45, 7) is 2.38. The van der Waals surface area contributed by atoms with Crippen molar-refractivity contribution in [2.24, 2.45) is 0 Å². The Morgan fingerprint density at radius 3 is 2.33 bits per heavy atom. The maximum Gasteiger partial charge on any atom is 0.267 e. The predicted octanol–water partition coefficient (Wildman–Crippen LogP) is 5.90. The summed E-state index contributed by atoms with van der Waals surface area (Å²) in [7, 11) is 0. The third-order valence-electron chi connectivity index (χ3n) is 6.42. The van der Waals surface area contributed by atoms with Crippen LogP contribution >= 0.6 is 11.8 Å². The lowest BCUT2D eigenvalue weighted by molar-refractivity contribution is -0.115. The van der Waals surface area contributed by atoms with E-state index in [4.69, 9.17) is 4.74 Å². The summed E-state index contributed by atoms with van der Waals surface area (Å²) in [6.07, 6.45) is 0. The number of hydrogen-bond donors (Lipinski definition) is 1. The van der Waals surface area contributed by atoms with Crippen LogP contribution in [0.25, 0.3) is 22.4 Å². The Kier molecular flexibility index (Phi) is 7.03. The highest BCUT2D eigenvalue weighted by atomic mass is 32.2. The highest BCUT2D eigenvalue weighted by Crippen LogP contribution is 2.37. The zero-order chi connectivity index (χ0) is 27.5. The Bertz CT molecular complexity index is 1870. The first-order valence-electron chi connectivity index (χ1n) is 12.8. The molecule has 0 aliphatic heterocycles. The smallest absolute Gasteiger partial charge is 0.267 e. The van der Waals surface area contributed by atoms with Crippen LogP contribution in [0.1, 0.15) is 17.7 Å². The topological polar surface area (TPSA) is 90.5 Å². The molecular formula is C31H25N5O3S. The summed E-state index contributed by atoms with van der Waals surface area (Å²) in [5.74, 6) is 0.730. The molecule has 1 N–H and O–H groups in total. The molecule has 2 aromatic heterocycles. The first-order chi connectivity index (χ1) is 19.7. The van der Waals surface area contributed by atoms with Gasteiger partial charge in [-0.2, -0.15) is 0 Å². The molecule has 6 aromatic rings. The predicted molar refractivity (Wildman–Crippen MR) is 157 cm³/mol. The molecule has 40 heavy (non-hydrogen) atoms. The number of fused-ring (bicyclic) bond motifs is 3. The van der Waals surface area contributed by atoms with Crippen molar-refractivity contribution in [3.05, 3.63) is 125 Å². The number of benzene rings is 4. The number of carbonyl (C=O) groups is 1. The molecule has 0 radical (unpaired) electrons. The minimum absolute atomic E-state index is 0.192. The number of rotatable bonds is 8. The van der Waals surface area contributed by atoms with Gasteiger partial charge >= 0.3 is 0 Å². The van der Waals surface area contributed by atoms with Gasteiger partial charge in [0.25, 0.3) is 5.56 Å². The van der Waals surface area contributed by atoms with E-state index in [-0.39, 0.29) is 11.5 Å². The molecule has 4 aromatic carbocycles. The maximum atomic E-state index is 13.8.